The summed E-state index contributed by atoms with van der Waals surface area (Å²) in [6.07, 6.45) is 65.0. The second-order valence-corrected chi connectivity index (χ2v) is 18.4. The topological polar surface area (TPSA) is 89.8 Å². The summed E-state index contributed by atoms with van der Waals surface area (Å²) in [7, 11) is 0. The third kappa shape index (κ3) is 44.6. The molecule has 0 fully saturated rings. The molecule has 354 valence electrons. The maximum absolute atomic E-state index is 12.5. The maximum Gasteiger partial charge on any atom is 0.249 e. The van der Waals surface area contributed by atoms with Crippen molar-refractivity contribution in [3.05, 3.63) is 36.5 Å². The van der Waals surface area contributed by atoms with Gasteiger partial charge in [-0.1, -0.05) is 262 Å². The van der Waals surface area contributed by atoms with E-state index in [1.165, 1.54) is 225 Å². The van der Waals surface area contributed by atoms with Crippen LogP contribution >= 0.6 is 0 Å². The Kier molecular flexibility index (Phi) is 49.0. The van der Waals surface area contributed by atoms with E-state index in [0.29, 0.717) is 6.42 Å². The Morgan fingerprint density at radius 2 is 0.683 bits per heavy atom. The molecule has 0 radical (unpaired) electrons. The van der Waals surface area contributed by atoms with Gasteiger partial charge >= 0.3 is 0 Å². The number of allylic oxidation sites excluding steroid dienone is 5. The smallest absolute Gasteiger partial charge is 0.249 e. The highest BCUT2D eigenvalue weighted by Gasteiger charge is 2.22. The van der Waals surface area contributed by atoms with E-state index in [1.54, 1.807) is 6.08 Å². The Hall–Kier alpha value is -1.43. The first-order chi connectivity index (χ1) is 29.6. The predicted molar refractivity (Wildman–Crippen MR) is 264 cm³/mol. The zero-order chi connectivity index (χ0) is 43.7. The summed E-state index contributed by atoms with van der Waals surface area (Å²) in [5.74, 6) is -0.515. The van der Waals surface area contributed by atoms with Crippen molar-refractivity contribution >= 4 is 5.91 Å². The molecule has 5 heteroatoms. The summed E-state index contributed by atoms with van der Waals surface area (Å²) in [6.45, 7) is 4.20. The number of rotatable bonds is 49. The molecule has 4 N–H and O–H groups in total. The van der Waals surface area contributed by atoms with E-state index in [-0.39, 0.29) is 6.61 Å². The highest BCUT2D eigenvalue weighted by atomic mass is 16.3. The molecule has 0 spiro atoms. The minimum atomic E-state index is -1.11. The SMILES string of the molecule is CCCCCCCCCCCCCC/C=C\CCCCCCCCC(O)C(=O)NC(CO)C(O)/C=C/CC/C=C/CCCCCCCCCCCCCCCCCCCC. The van der Waals surface area contributed by atoms with Gasteiger partial charge in [-0.3, -0.25) is 4.79 Å². The Balaban J connectivity index is 3.64. The number of hydrogen-bond donors (Lipinski definition) is 4. The number of nitrogens with one attached hydrogen (secondary N) is 1. The largest absolute Gasteiger partial charge is 0.394 e. The molecule has 0 aliphatic heterocycles. The van der Waals surface area contributed by atoms with E-state index in [4.69, 9.17) is 0 Å². The molecule has 60 heavy (non-hydrogen) atoms. The van der Waals surface area contributed by atoms with Crippen LogP contribution in [0.15, 0.2) is 36.5 Å². The van der Waals surface area contributed by atoms with Crippen LogP contribution < -0.4 is 5.32 Å². The van der Waals surface area contributed by atoms with Crippen LogP contribution in [0.3, 0.4) is 0 Å². The first-order valence-electron chi connectivity index (χ1n) is 26.8. The fourth-order valence-corrected chi connectivity index (χ4v) is 8.26. The Bertz CT molecular complexity index is 931. The second kappa shape index (κ2) is 50.2. The molecule has 3 atom stereocenters. The van der Waals surface area contributed by atoms with Gasteiger partial charge < -0.3 is 20.6 Å². The fraction of sp³-hybridized carbons (Fsp3) is 0.873. The van der Waals surface area contributed by atoms with Crippen molar-refractivity contribution in [1.82, 2.24) is 5.32 Å². The molecule has 0 saturated carbocycles. The van der Waals surface area contributed by atoms with E-state index in [9.17, 15) is 20.1 Å². The molecule has 5 nitrogen and oxygen atoms in total. The molecule has 0 bridgehead atoms. The van der Waals surface area contributed by atoms with Crippen molar-refractivity contribution in [2.24, 2.45) is 0 Å². The molecule has 0 heterocycles. The summed E-state index contributed by atoms with van der Waals surface area (Å²) >= 11 is 0. The lowest BCUT2D eigenvalue weighted by molar-refractivity contribution is -0.131. The Labute approximate surface area is 374 Å². The zero-order valence-electron chi connectivity index (χ0n) is 40.4. The van der Waals surface area contributed by atoms with E-state index in [1.807, 2.05) is 6.08 Å². The van der Waals surface area contributed by atoms with E-state index in [0.717, 1.165) is 38.5 Å². The van der Waals surface area contributed by atoms with Gasteiger partial charge in [0.2, 0.25) is 5.91 Å². The monoisotopic (exact) mass is 844 g/mol. The van der Waals surface area contributed by atoms with Gasteiger partial charge in [0, 0.05) is 0 Å². The third-order valence-corrected chi connectivity index (χ3v) is 12.5. The quantitative estimate of drug-likeness (QED) is 0.0363. The van der Waals surface area contributed by atoms with Crippen molar-refractivity contribution in [1.29, 1.82) is 0 Å². The molecule has 3 unspecified atom stereocenters. The van der Waals surface area contributed by atoms with Crippen LogP contribution in [0, 0.1) is 0 Å². The molecule has 0 saturated heterocycles. The van der Waals surface area contributed by atoms with Gasteiger partial charge in [-0.2, -0.15) is 0 Å². The second-order valence-electron chi connectivity index (χ2n) is 18.4. The van der Waals surface area contributed by atoms with Crippen LogP contribution in [0.1, 0.15) is 284 Å². The van der Waals surface area contributed by atoms with Crippen LogP contribution in [0.2, 0.25) is 0 Å². The lowest BCUT2D eigenvalue weighted by Crippen LogP contribution is -2.48. The summed E-state index contributed by atoms with van der Waals surface area (Å²) < 4.78 is 0. The number of carbonyl (C=O) groups excluding carboxylic acids is 1. The number of amides is 1. The summed E-state index contributed by atoms with van der Waals surface area (Å²) in [6, 6.07) is -0.818. The number of hydrogen-bond acceptors (Lipinski definition) is 4. The molecule has 0 aromatic heterocycles. The normalized spacial score (nSPS) is 13.6. The predicted octanol–water partition coefficient (Wildman–Crippen LogP) is 16.3. The highest BCUT2D eigenvalue weighted by molar-refractivity contribution is 5.80. The van der Waals surface area contributed by atoms with Gasteiger partial charge in [-0.25, -0.2) is 0 Å². The van der Waals surface area contributed by atoms with Gasteiger partial charge in [-0.15, -0.1) is 0 Å². The van der Waals surface area contributed by atoms with E-state index >= 15 is 0 Å². The zero-order valence-corrected chi connectivity index (χ0v) is 40.4. The summed E-state index contributed by atoms with van der Waals surface area (Å²) in [5, 5.41) is 33.3. The van der Waals surface area contributed by atoms with Crippen LogP contribution in [-0.2, 0) is 4.79 Å². The van der Waals surface area contributed by atoms with Gasteiger partial charge in [0.1, 0.15) is 6.10 Å². The van der Waals surface area contributed by atoms with Gasteiger partial charge in [0.25, 0.3) is 0 Å². The van der Waals surface area contributed by atoms with Crippen molar-refractivity contribution in [3.63, 3.8) is 0 Å². The van der Waals surface area contributed by atoms with Crippen molar-refractivity contribution in [3.8, 4) is 0 Å². The van der Waals surface area contributed by atoms with Crippen molar-refractivity contribution < 1.29 is 20.1 Å². The highest BCUT2D eigenvalue weighted by Crippen LogP contribution is 2.16. The minimum Gasteiger partial charge on any atom is -0.394 e. The number of unbranched alkanes of at least 4 members (excludes halogenated alkanes) is 37. The van der Waals surface area contributed by atoms with Crippen molar-refractivity contribution in [2.75, 3.05) is 6.61 Å². The van der Waals surface area contributed by atoms with E-state index in [2.05, 4.69) is 43.5 Å². The third-order valence-electron chi connectivity index (χ3n) is 12.5. The standard InChI is InChI=1S/C55H105NO4/c1-3-5-7-9-11-13-15-17-19-21-23-25-27-28-30-31-33-35-37-39-41-43-45-47-49-53(58)52(51-57)56-55(60)54(59)50-48-46-44-42-40-38-36-34-32-29-26-24-22-20-18-16-14-12-10-8-6-4-2/h32,34,39,41,47,49,52-54,57-59H,3-31,33,35-38,40,42-46,48,50-51H2,1-2H3,(H,56,60)/b34-32-,41-39+,49-47+. The minimum absolute atomic E-state index is 0.377. The average molecular weight is 844 g/mol. The fourth-order valence-electron chi connectivity index (χ4n) is 8.26. The van der Waals surface area contributed by atoms with Gasteiger partial charge in [-0.05, 0) is 57.8 Å². The first-order valence-corrected chi connectivity index (χ1v) is 26.8. The molecule has 0 rings (SSSR count). The van der Waals surface area contributed by atoms with Crippen LogP contribution in [0.25, 0.3) is 0 Å². The van der Waals surface area contributed by atoms with Crippen LogP contribution in [0.4, 0.5) is 0 Å². The van der Waals surface area contributed by atoms with Crippen molar-refractivity contribution in [2.45, 2.75) is 302 Å². The molecule has 0 aliphatic rings. The van der Waals surface area contributed by atoms with Crippen LogP contribution in [-0.4, -0.2) is 46.1 Å². The lowest BCUT2D eigenvalue weighted by Gasteiger charge is -2.21. The lowest BCUT2D eigenvalue weighted by atomic mass is 10.0. The number of aliphatic hydroxyl groups is 3. The molecule has 1 amide bonds. The van der Waals surface area contributed by atoms with Gasteiger partial charge in [0.15, 0.2) is 0 Å². The average Bonchev–Trinajstić information content (AvgIpc) is 3.25. The molecule has 0 aromatic carbocycles. The van der Waals surface area contributed by atoms with E-state index < -0.39 is 24.2 Å². The summed E-state index contributed by atoms with van der Waals surface area (Å²) in [5.41, 5.74) is 0. The van der Waals surface area contributed by atoms with Gasteiger partial charge in [0.05, 0.1) is 18.8 Å². The molecular weight excluding hydrogens is 739 g/mol. The first kappa shape index (κ1) is 58.6. The number of aliphatic hydroxyl groups excluding tert-OH is 3. The summed E-state index contributed by atoms with van der Waals surface area (Å²) in [4.78, 5) is 12.5. The molecule has 0 aromatic rings. The molecular formula is C55H105NO4. The Morgan fingerprint density at radius 1 is 0.400 bits per heavy atom. The Morgan fingerprint density at radius 3 is 1.02 bits per heavy atom. The van der Waals surface area contributed by atoms with Crippen LogP contribution in [0.5, 0.6) is 0 Å². The molecule has 0 aliphatic carbocycles. The maximum atomic E-state index is 12.5. The number of carbonyl (C=O) groups is 1.